The summed E-state index contributed by atoms with van der Waals surface area (Å²) in [6, 6.07) is 2.47. The molecule has 0 aliphatic carbocycles. The van der Waals surface area contributed by atoms with Crippen LogP contribution in [0.25, 0.3) is 0 Å². The van der Waals surface area contributed by atoms with E-state index >= 15 is 4.39 Å². The number of ether oxygens (including phenoxy) is 1. The maximum atomic E-state index is 15.2. The van der Waals surface area contributed by atoms with Crippen molar-refractivity contribution in [2.45, 2.75) is 24.7 Å². The number of hydrogen-bond donors (Lipinski definition) is 2. The second-order valence-corrected chi connectivity index (χ2v) is 9.76. The van der Waals surface area contributed by atoms with E-state index in [2.05, 4.69) is 20.6 Å². The maximum Gasteiger partial charge on any atom is 0.271 e. The molecule has 1 saturated heterocycles. The van der Waals surface area contributed by atoms with Crippen LogP contribution in [0.5, 0.6) is 0 Å². The minimum absolute atomic E-state index is 0.0302. The number of aromatic nitrogens is 2. The number of nitrogens with one attached hydrogen (secondary N) is 2. The van der Waals surface area contributed by atoms with Crippen LogP contribution < -0.4 is 10.6 Å². The Morgan fingerprint density at radius 3 is 2.59 bits per heavy atom. The lowest BCUT2D eigenvalue weighted by molar-refractivity contribution is -0.139. The summed E-state index contributed by atoms with van der Waals surface area (Å²) < 4.78 is 56.5. The molecule has 32 heavy (non-hydrogen) atoms. The zero-order valence-electron chi connectivity index (χ0n) is 17.2. The minimum Gasteiger partial charge on any atom is -0.374 e. The first-order valence-corrected chi connectivity index (χ1v) is 11.8. The molecule has 2 aromatic rings. The van der Waals surface area contributed by atoms with Gasteiger partial charge in [-0.1, -0.05) is 29.8 Å². The Morgan fingerprint density at radius 2 is 2.03 bits per heavy atom. The molecular weight excluding hydrogens is 466 g/mol. The number of sulfone groups is 1. The highest BCUT2D eigenvalue weighted by molar-refractivity contribution is 7.93. The largest absolute Gasteiger partial charge is 0.374 e. The van der Waals surface area contributed by atoms with Crippen LogP contribution in [0.4, 0.5) is 14.6 Å². The van der Waals surface area contributed by atoms with Crippen molar-refractivity contribution in [1.82, 2.24) is 15.3 Å². The van der Waals surface area contributed by atoms with Gasteiger partial charge in [-0.25, -0.2) is 27.2 Å². The molecule has 2 atom stereocenters. The highest BCUT2D eigenvalue weighted by Crippen LogP contribution is 2.41. The van der Waals surface area contributed by atoms with Crippen LogP contribution in [0, 0.1) is 5.82 Å². The lowest BCUT2D eigenvalue weighted by atomic mass is 9.88. The third-order valence-corrected chi connectivity index (χ3v) is 5.69. The number of halogens is 3. The second-order valence-electron chi connectivity index (χ2n) is 7.45. The fourth-order valence-electron chi connectivity index (χ4n) is 2.95. The van der Waals surface area contributed by atoms with Crippen LogP contribution in [0.3, 0.4) is 0 Å². The van der Waals surface area contributed by atoms with E-state index < -0.39 is 39.3 Å². The Labute approximate surface area is 189 Å². The maximum absolute atomic E-state index is 15.2. The number of rotatable bonds is 8. The molecule has 1 aromatic carbocycles. The van der Waals surface area contributed by atoms with Crippen molar-refractivity contribution >= 4 is 33.2 Å². The number of carbonyl (C=O) groups excluding carboxylic acids is 1. The second kappa shape index (κ2) is 9.47. The predicted molar refractivity (Wildman–Crippen MR) is 115 cm³/mol. The smallest absolute Gasteiger partial charge is 0.271 e. The molecule has 12 heteroatoms. The van der Waals surface area contributed by atoms with E-state index in [0.717, 1.165) is 11.7 Å². The highest BCUT2D eigenvalue weighted by atomic mass is 35.5. The van der Waals surface area contributed by atoms with Gasteiger partial charge in [0.2, 0.25) is 0 Å². The predicted octanol–water partition coefficient (Wildman–Crippen LogP) is 2.84. The van der Waals surface area contributed by atoms with Crippen molar-refractivity contribution in [3.05, 3.63) is 64.2 Å². The molecule has 0 bridgehead atoms. The third kappa shape index (κ3) is 5.78. The average Bonchev–Trinajstić information content (AvgIpc) is 2.71. The number of benzene rings is 1. The number of anilines is 1. The van der Waals surface area contributed by atoms with Crippen LogP contribution >= 0.6 is 11.6 Å². The van der Waals surface area contributed by atoms with Crippen LogP contribution in [0.1, 0.15) is 29.0 Å². The Kier molecular flexibility index (Phi) is 7.11. The van der Waals surface area contributed by atoms with Gasteiger partial charge in [0.15, 0.2) is 15.5 Å². The summed E-state index contributed by atoms with van der Waals surface area (Å²) in [5.74, 6) is -1.12. The molecule has 2 N–H and O–H groups in total. The summed E-state index contributed by atoms with van der Waals surface area (Å²) in [6.07, 6.45) is 4.77. The summed E-state index contributed by atoms with van der Waals surface area (Å²) in [6.45, 7) is 1.19. The molecule has 1 aliphatic rings. The van der Waals surface area contributed by atoms with E-state index in [-0.39, 0.29) is 35.3 Å². The summed E-state index contributed by atoms with van der Waals surface area (Å²) in [5, 5.41) is 6.20. The lowest BCUT2D eigenvalue weighted by Gasteiger charge is -2.41. The Balaban J connectivity index is 1.75. The zero-order valence-corrected chi connectivity index (χ0v) is 18.8. The van der Waals surface area contributed by atoms with E-state index in [1.807, 2.05) is 0 Å². The quantitative estimate of drug-likeness (QED) is 0.590. The fraction of sp³-hybridized carbons (Fsp3) is 0.350. The normalized spacial score (nSPS) is 17.4. The van der Waals surface area contributed by atoms with Crippen molar-refractivity contribution in [2.24, 2.45) is 0 Å². The van der Waals surface area contributed by atoms with Crippen molar-refractivity contribution in [3.8, 4) is 0 Å². The van der Waals surface area contributed by atoms with Crippen molar-refractivity contribution in [3.63, 3.8) is 0 Å². The molecule has 0 radical (unpaired) electrons. The molecule has 0 spiro atoms. The number of nitrogens with zero attached hydrogens (tertiary/aromatic N) is 2. The van der Waals surface area contributed by atoms with Crippen molar-refractivity contribution in [1.29, 1.82) is 0 Å². The van der Waals surface area contributed by atoms with Crippen molar-refractivity contribution in [2.75, 3.05) is 24.8 Å². The monoisotopic (exact) mass is 486 g/mol. The van der Waals surface area contributed by atoms with Gasteiger partial charge >= 0.3 is 0 Å². The molecule has 0 saturated carbocycles. The van der Waals surface area contributed by atoms with Gasteiger partial charge in [-0.3, -0.25) is 4.79 Å². The number of alkyl halides is 1. The van der Waals surface area contributed by atoms with E-state index in [4.69, 9.17) is 16.3 Å². The molecule has 1 aliphatic heterocycles. The number of carbonyl (C=O) groups is 1. The highest BCUT2D eigenvalue weighted by Gasteiger charge is 2.48. The van der Waals surface area contributed by atoms with E-state index in [9.17, 15) is 17.6 Å². The van der Waals surface area contributed by atoms with Gasteiger partial charge in [-0.05, 0) is 18.6 Å². The average molecular weight is 487 g/mol. The first kappa shape index (κ1) is 24.0. The fourth-order valence-corrected chi connectivity index (χ4v) is 3.71. The number of amides is 1. The summed E-state index contributed by atoms with van der Waals surface area (Å²) in [4.78, 5) is 20.4. The Bertz CT molecular complexity index is 1120. The zero-order chi connectivity index (χ0) is 23.5. The summed E-state index contributed by atoms with van der Waals surface area (Å²) in [7, 11) is -3.32. The summed E-state index contributed by atoms with van der Waals surface area (Å²) >= 11 is 6.06. The van der Waals surface area contributed by atoms with Gasteiger partial charge in [-0.15, -0.1) is 0 Å². The van der Waals surface area contributed by atoms with Gasteiger partial charge in [0.1, 0.15) is 17.3 Å². The molecule has 1 aromatic heterocycles. The van der Waals surface area contributed by atoms with Gasteiger partial charge < -0.3 is 15.4 Å². The molecule has 3 rings (SSSR count). The lowest BCUT2D eigenvalue weighted by Crippen LogP contribution is -2.52. The van der Waals surface area contributed by atoms with Crippen LogP contribution in [-0.2, 0) is 14.6 Å². The molecular formula is C20H21ClF2N4O4S. The van der Waals surface area contributed by atoms with Crippen LogP contribution in [-0.4, -0.2) is 55.5 Å². The van der Waals surface area contributed by atoms with E-state index in [0.29, 0.717) is 0 Å². The van der Waals surface area contributed by atoms with E-state index in [1.165, 1.54) is 36.7 Å². The number of hydrogen-bond acceptors (Lipinski definition) is 7. The Hall–Kier alpha value is -2.63. The summed E-state index contributed by atoms with van der Waals surface area (Å²) in [5.41, 5.74) is -1.67. The molecule has 1 amide bonds. The Morgan fingerprint density at radius 1 is 1.31 bits per heavy atom. The molecule has 172 valence electrons. The van der Waals surface area contributed by atoms with Gasteiger partial charge in [0.05, 0.1) is 36.7 Å². The van der Waals surface area contributed by atoms with Crippen LogP contribution in [0.15, 0.2) is 42.1 Å². The molecule has 0 unspecified atom stereocenters. The molecule has 2 heterocycles. The molecule has 8 nitrogen and oxygen atoms in total. The van der Waals surface area contributed by atoms with E-state index in [1.54, 1.807) is 6.92 Å². The third-order valence-electron chi connectivity index (χ3n) is 4.64. The molecule has 1 fully saturated rings. The first-order valence-electron chi connectivity index (χ1n) is 9.47. The minimum atomic E-state index is -3.32. The van der Waals surface area contributed by atoms with Gasteiger partial charge in [0, 0.05) is 17.7 Å². The SMILES string of the molecule is C[C@H](/C=C/S(C)(=O)=O)NC(=O)c1cnc(N[C@@H](c2cccc(F)c2Cl)C2(F)COC2)cn1. The van der Waals surface area contributed by atoms with Gasteiger partial charge in [-0.2, -0.15) is 0 Å². The van der Waals surface area contributed by atoms with Gasteiger partial charge in [0.25, 0.3) is 5.91 Å². The topological polar surface area (TPSA) is 110 Å². The van der Waals surface area contributed by atoms with Crippen molar-refractivity contribution < 1.29 is 26.7 Å². The first-order chi connectivity index (χ1) is 15.0. The standard InChI is InChI=1S/C20H21ClF2N4O4S/c1-12(6-7-32(2,29)30)26-19(28)15-8-25-16(9-24-15)27-18(20(23)10-31-11-20)13-4-3-5-14(22)17(13)21/h3-9,12,18H,10-11H2,1-2H3,(H,25,27)(H,26,28)/b7-6+/t12-,18+/m1/s1. The van der Waals surface area contributed by atoms with Crippen LogP contribution in [0.2, 0.25) is 5.02 Å².